The molecule has 1 aromatic rings. The van der Waals surface area contributed by atoms with Gasteiger partial charge in [0.15, 0.2) is 17.6 Å². The molecule has 1 heterocycles. The van der Waals surface area contributed by atoms with Gasteiger partial charge in [-0.15, -0.1) is 0 Å². The van der Waals surface area contributed by atoms with Crippen molar-refractivity contribution in [1.29, 1.82) is 0 Å². The topological polar surface area (TPSA) is 76.0 Å². The first-order chi connectivity index (χ1) is 7.11. The lowest BCUT2D eigenvalue weighted by atomic mass is 10.0. The number of carboxylic acid groups (broad SMARTS) is 1. The Balaban J connectivity index is 2.50. The van der Waals surface area contributed by atoms with Gasteiger partial charge in [0.25, 0.3) is 0 Å². The van der Waals surface area contributed by atoms with Crippen LogP contribution in [-0.4, -0.2) is 23.0 Å². The SMILES string of the molecule is Cc1ccc(C(O)C(=O)O)c2c1OCO2. The zero-order valence-corrected chi connectivity index (χ0v) is 8.06. The van der Waals surface area contributed by atoms with Gasteiger partial charge in [-0.1, -0.05) is 12.1 Å². The van der Waals surface area contributed by atoms with Crippen molar-refractivity contribution in [3.63, 3.8) is 0 Å². The van der Waals surface area contributed by atoms with Gasteiger partial charge in [0.05, 0.1) is 0 Å². The molecule has 1 atom stereocenters. The Morgan fingerprint density at radius 1 is 1.40 bits per heavy atom. The minimum absolute atomic E-state index is 0.0551. The molecule has 0 fully saturated rings. The van der Waals surface area contributed by atoms with Gasteiger partial charge in [-0.05, 0) is 12.5 Å². The number of benzene rings is 1. The van der Waals surface area contributed by atoms with E-state index >= 15 is 0 Å². The summed E-state index contributed by atoms with van der Waals surface area (Å²) in [4.78, 5) is 10.6. The van der Waals surface area contributed by atoms with Gasteiger partial charge >= 0.3 is 5.97 Å². The summed E-state index contributed by atoms with van der Waals surface area (Å²) in [5.74, 6) is -0.478. The van der Waals surface area contributed by atoms with E-state index in [1.54, 1.807) is 6.07 Å². The molecule has 0 aliphatic carbocycles. The summed E-state index contributed by atoms with van der Waals surface area (Å²) in [6.07, 6.45) is -1.58. The molecule has 1 aliphatic rings. The average molecular weight is 210 g/mol. The van der Waals surface area contributed by atoms with E-state index in [0.717, 1.165) is 5.56 Å². The van der Waals surface area contributed by atoms with E-state index in [1.165, 1.54) is 6.07 Å². The Bertz CT molecular complexity index is 413. The van der Waals surface area contributed by atoms with E-state index in [0.29, 0.717) is 11.5 Å². The molecule has 0 aromatic heterocycles. The molecule has 0 amide bonds. The van der Waals surface area contributed by atoms with Crippen LogP contribution in [-0.2, 0) is 4.79 Å². The van der Waals surface area contributed by atoms with E-state index < -0.39 is 12.1 Å². The molecule has 0 bridgehead atoms. The van der Waals surface area contributed by atoms with E-state index in [4.69, 9.17) is 14.6 Å². The quantitative estimate of drug-likeness (QED) is 0.756. The molecule has 2 rings (SSSR count). The highest BCUT2D eigenvalue weighted by molar-refractivity contribution is 5.76. The predicted octanol–water partition coefficient (Wildman–Crippen LogP) is 0.842. The average Bonchev–Trinajstić information content (AvgIpc) is 2.66. The van der Waals surface area contributed by atoms with Gasteiger partial charge in [0.2, 0.25) is 6.79 Å². The van der Waals surface area contributed by atoms with E-state index in [1.807, 2.05) is 6.92 Å². The Morgan fingerprint density at radius 2 is 2.07 bits per heavy atom. The van der Waals surface area contributed by atoms with Crippen LogP contribution in [0.1, 0.15) is 17.2 Å². The Hall–Kier alpha value is -1.75. The van der Waals surface area contributed by atoms with Crippen LogP contribution in [0.3, 0.4) is 0 Å². The third-order valence-electron chi connectivity index (χ3n) is 2.27. The molecular formula is C10H10O5. The number of aryl methyl sites for hydroxylation is 1. The highest BCUT2D eigenvalue weighted by Gasteiger charge is 2.27. The first-order valence-electron chi connectivity index (χ1n) is 4.41. The zero-order chi connectivity index (χ0) is 11.0. The second-order valence-electron chi connectivity index (χ2n) is 3.28. The number of aliphatic hydroxyl groups excluding tert-OH is 1. The van der Waals surface area contributed by atoms with Crippen molar-refractivity contribution in [3.05, 3.63) is 23.3 Å². The fourth-order valence-corrected chi connectivity index (χ4v) is 1.50. The first-order valence-corrected chi connectivity index (χ1v) is 4.41. The summed E-state index contributed by atoms with van der Waals surface area (Å²) >= 11 is 0. The Morgan fingerprint density at radius 3 is 2.73 bits per heavy atom. The summed E-state index contributed by atoms with van der Waals surface area (Å²) in [5.41, 5.74) is 1.07. The number of aliphatic hydroxyl groups is 1. The molecular weight excluding hydrogens is 200 g/mol. The zero-order valence-electron chi connectivity index (χ0n) is 8.06. The number of carboxylic acids is 1. The van der Waals surface area contributed by atoms with Gasteiger partial charge in [0.1, 0.15) is 0 Å². The fourth-order valence-electron chi connectivity index (χ4n) is 1.50. The molecule has 0 saturated heterocycles. The molecule has 1 aliphatic heterocycles. The summed E-state index contributed by atoms with van der Waals surface area (Å²) in [5, 5.41) is 18.1. The summed E-state index contributed by atoms with van der Waals surface area (Å²) < 4.78 is 10.3. The van der Waals surface area contributed by atoms with Gasteiger partial charge < -0.3 is 19.7 Å². The van der Waals surface area contributed by atoms with Crippen molar-refractivity contribution in [2.45, 2.75) is 13.0 Å². The molecule has 80 valence electrons. The Labute approximate surface area is 85.9 Å². The highest BCUT2D eigenvalue weighted by atomic mass is 16.7. The number of hydrogen-bond donors (Lipinski definition) is 2. The molecule has 0 radical (unpaired) electrons. The van der Waals surface area contributed by atoms with Crippen LogP contribution < -0.4 is 9.47 Å². The lowest BCUT2D eigenvalue weighted by Gasteiger charge is -2.10. The fraction of sp³-hybridized carbons (Fsp3) is 0.300. The lowest BCUT2D eigenvalue weighted by Crippen LogP contribution is -2.11. The van der Waals surface area contributed by atoms with Gasteiger partial charge in [-0.2, -0.15) is 0 Å². The standard InChI is InChI=1S/C10H10O5/c1-5-2-3-6(7(11)10(12)13)9-8(5)14-4-15-9/h2-3,7,11H,4H2,1H3,(H,12,13). The summed E-state index contributed by atoms with van der Waals surface area (Å²) in [6, 6.07) is 3.22. The number of fused-ring (bicyclic) bond motifs is 1. The van der Waals surface area contributed by atoms with Crippen LogP contribution in [0, 0.1) is 6.92 Å². The molecule has 0 saturated carbocycles. The largest absolute Gasteiger partial charge is 0.479 e. The van der Waals surface area contributed by atoms with Crippen molar-refractivity contribution in [2.24, 2.45) is 0 Å². The molecule has 1 aromatic carbocycles. The monoisotopic (exact) mass is 210 g/mol. The predicted molar refractivity (Wildman–Crippen MR) is 49.9 cm³/mol. The number of carbonyl (C=O) groups is 1. The maximum atomic E-state index is 10.6. The van der Waals surface area contributed by atoms with Gasteiger partial charge in [-0.25, -0.2) is 4.79 Å². The van der Waals surface area contributed by atoms with E-state index in [2.05, 4.69) is 0 Å². The van der Waals surface area contributed by atoms with Crippen LogP contribution in [0.5, 0.6) is 11.5 Å². The van der Waals surface area contributed by atoms with Crippen LogP contribution >= 0.6 is 0 Å². The summed E-state index contributed by atoms with van der Waals surface area (Å²) in [6.45, 7) is 1.88. The minimum Gasteiger partial charge on any atom is -0.479 e. The highest BCUT2D eigenvalue weighted by Crippen LogP contribution is 2.41. The maximum Gasteiger partial charge on any atom is 0.337 e. The normalized spacial score (nSPS) is 15.1. The third kappa shape index (κ3) is 1.50. The molecule has 5 nitrogen and oxygen atoms in total. The van der Waals surface area contributed by atoms with Crippen molar-refractivity contribution >= 4 is 5.97 Å². The van der Waals surface area contributed by atoms with Crippen LogP contribution in [0.15, 0.2) is 12.1 Å². The van der Waals surface area contributed by atoms with E-state index in [-0.39, 0.29) is 12.4 Å². The third-order valence-corrected chi connectivity index (χ3v) is 2.27. The van der Waals surface area contributed by atoms with Crippen molar-refractivity contribution in [1.82, 2.24) is 0 Å². The maximum absolute atomic E-state index is 10.6. The van der Waals surface area contributed by atoms with Gasteiger partial charge in [0, 0.05) is 5.56 Å². The van der Waals surface area contributed by atoms with Gasteiger partial charge in [-0.3, -0.25) is 0 Å². The van der Waals surface area contributed by atoms with Crippen LogP contribution in [0.25, 0.3) is 0 Å². The molecule has 2 N–H and O–H groups in total. The molecule has 5 heteroatoms. The Kier molecular flexibility index (Phi) is 2.24. The van der Waals surface area contributed by atoms with Crippen LogP contribution in [0.4, 0.5) is 0 Å². The number of rotatable bonds is 2. The lowest BCUT2D eigenvalue weighted by molar-refractivity contribution is -0.147. The molecule has 1 unspecified atom stereocenters. The second-order valence-corrected chi connectivity index (χ2v) is 3.28. The first kappa shape index (κ1) is 9.79. The molecule has 0 spiro atoms. The number of hydrogen-bond acceptors (Lipinski definition) is 4. The van der Waals surface area contributed by atoms with Crippen molar-refractivity contribution in [3.8, 4) is 11.5 Å². The van der Waals surface area contributed by atoms with Crippen molar-refractivity contribution < 1.29 is 24.5 Å². The summed E-state index contributed by atoms with van der Waals surface area (Å²) in [7, 11) is 0. The number of aliphatic carboxylic acids is 1. The van der Waals surface area contributed by atoms with E-state index in [9.17, 15) is 9.90 Å². The smallest absolute Gasteiger partial charge is 0.337 e. The van der Waals surface area contributed by atoms with Crippen LogP contribution in [0.2, 0.25) is 0 Å². The number of ether oxygens (including phenoxy) is 2. The van der Waals surface area contributed by atoms with Crippen molar-refractivity contribution in [2.75, 3.05) is 6.79 Å². The second kappa shape index (κ2) is 3.43. The minimum atomic E-state index is -1.58. The molecule has 15 heavy (non-hydrogen) atoms.